The van der Waals surface area contributed by atoms with Crippen molar-refractivity contribution in [2.75, 3.05) is 0 Å². The summed E-state index contributed by atoms with van der Waals surface area (Å²) in [7, 11) is 0. The van der Waals surface area contributed by atoms with Crippen LogP contribution < -0.4 is 5.73 Å². The van der Waals surface area contributed by atoms with Gasteiger partial charge >= 0.3 is 0 Å². The van der Waals surface area contributed by atoms with E-state index in [4.69, 9.17) is 5.73 Å². The third kappa shape index (κ3) is 3.41. The Balaban J connectivity index is 1.89. The summed E-state index contributed by atoms with van der Waals surface area (Å²) in [5, 5.41) is 1.61. The molecule has 2 fully saturated rings. The molecule has 17 heavy (non-hydrogen) atoms. The smallest absolute Gasteiger partial charge is 0.0211 e. The van der Waals surface area contributed by atoms with Crippen molar-refractivity contribution in [1.82, 2.24) is 0 Å². The highest BCUT2D eigenvalue weighted by Crippen LogP contribution is 2.43. The van der Waals surface area contributed by atoms with Crippen molar-refractivity contribution in [3.05, 3.63) is 0 Å². The normalized spacial score (nSPS) is 42.4. The second-order valence-electron chi connectivity index (χ2n) is 6.97. The van der Waals surface area contributed by atoms with Gasteiger partial charge in [0.15, 0.2) is 0 Å². The Morgan fingerprint density at radius 2 is 1.88 bits per heavy atom. The van der Waals surface area contributed by atoms with E-state index in [1.807, 2.05) is 0 Å². The lowest BCUT2D eigenvalue weighted by Gasteiger charge is -2.43. The maximum atomic E-state index is 6.49. The van der Waals surface area contributed by atoms with Crippen LogP contribution in [-0.2, 0) is 0 Å². The highest BCUT2D eigenvalue weighted by atomic mass is 32.2. The zero-order valence-corrected chi connectivity index (χ0v) is 12.6. The molecule has 4 atom stereocenters. The first-order valence-corrected chi connectivity index (χ1v) is 8.34. The lowest BCUT2D eigenvalue weighted by Crippen LogP contribution is -2.48. The van der Waals surface area contributed by atoms with Gasteiger partial charge in [0.25, 0.3) is 0 Å². The van der Waals surface area contributed by atoms with Crippen molar-refractivity contribution in [2.45, 2.75) is 82.3 Å². The van der Waals surface area contributed by atoms with E-state index in [2.05, 4.69) is 32.5 Å². The van der Waals surface area contributed by atoms with E-state index in [0.717, 1.165) is 11.2 Å². The van der Waals surface area contributed by atoms with Crippen molar-refractivity contribution >= 4 is 11.8 Å². The second kappa shape index (κ2) is 5.52. The third-order valence-electron chi connectivity index (χ3n) is 4.87. The SMILES string of the molecule is CC1CCCC(SC2CCCC(C)(C)C2N)C1. The Labute approximate surface area is 111 Å². The fourth-order valence-electron chi connectivity index (χ4n) is 3.51. The first-order chi connectivity index (χ1) is 7.99. The van der Waals surface area contributed by atoms with E-state index < -0.39 is 0 Å². The van der Waals surface area contributed by atoms with Gasteiger partial charge in [-0.3, -0.25) is 0 Å². The molecule has 2 aliphatic rings. The van der Waals surface area contributed by atoms with Crippen LogP contribution in [0.2, 0.25) is 0 Å². The quantitative estimate of drug-likeness (QED) is 0.800. The van der Waals surface area contributed by atoms with E-state index in [-0.39, 0.29) is 0 Å². The van der Waals surface area contributed by atoms with Crippen LogP contribution in [0.25, 0.3) is 0 Å². The number of rotatable bonds is 2. The van der Waals surface area contributed by atoms with Crippen LogP contribution in [0.3, 0.4) is 0 Å². The molecular formula is C15H29NS. The molecule has 0 aromatic rings. The van der Waals surface area contributed by atoms with E-state index in [1.54, 1.807) is 0 Å². The summed E-state index contributed by atoms with van der Waals surface area (Å²) in [6, 6.07) is 0.401. The second-order valence-corrected chi connectivity index (χ2v) is 8.52. The molecule has 2 aliphatic carbocycles. The molecule has 100 valence electrons. The Hall–Kier alpha value is 0.310. The Kier molecular flexibility index (Phi) is 4.46. The van der Waals surface area contributed by atoms with Crippen LogP contribution in [-0.4, -0.2) is 16.5 Å². The fraction of sp³-hybridized carbons (Fsp3) is 1.00. The predicted octanol–water partition coefficient (Wildman–Crippen LogP) is 4.20. The van der Waals surface area contributed by atoms with Crippen LogP contribution in [0.5, 0.6) is 0 Å². The van der Waals surface area contributed by atoms with Crippen LogP contribution in [0.4, 0.5) is 0 Å². The maximum absolute atomic E-state index is 6.49. The molecular weight excluding hydrogens is 226 g/mol. The standard InChI is InChI=1S/C15H29NS/c1-11-6-4-7-12(10-11)17-13-8-5-9-15(2,3)14(13)16/h11-14H,4-10,16H2,1-3H3. The minimum absolute atomic E-state index is 0.357. The highest BCUT2D eigenvalue weighted by molar-refractivity contribution is 8.00. The molecule has 2 rings (SSSR count). The van der Waals surface area contributed by atoms with Gasteiger partial charge < -0.3 is 5.73 Å². The molecule has 2 N–H and O–H groups in total. The van der Waals surface area contributed by atoms with Gasteiger partial charge in [-0.05, 0) is 37.0 Å². The van der Waals surface area contributed by atoms with Crippen LogP contribution in [0, 0.1) is 11.3 Å². The fourth-order valence-corrected chi connectivity index (χ4v) is 5.59. The van der Waals surface area contributed by atoms with Gasteiger partial charge in [0.1, 0.15) is 0 Å². The summed E-state index contributed by atoms with van der Waals surface area (Å²) in [5.74, 6) is 0.939. The van der Waals surface area contributed by atoms with Crippen molar-refractivity contribution in [3.8, 4) is 0 Å². The summed E-state index contributed by atoms with van der Waals surface area (Å²) < 4.78 is 0. The molecule has 1 nitrogen and oxygen atoms in total. The molecule has 0 aliphatic heterocycles. The van der Waals surface area contributed by atoms with Gasteiger partial charge in [-0.1, -0.05) is 40.0 Å². The monoisotopic (exact) mass is 255 g/mol. The number of hydrogen-bond acceptors (Lipinski definition) is 2. The molecule has 4 unspecified atom stereocenters. The summed E-state index contributed by atoms with van der Waals surface area (Å²) in [4.78, 5) is 0. The van der Waals surface area contributed by atoms with Crippen molar-refractivity contribution in [3.63, 3.8) is 0 Å². The molecule has 2 saturated carbocycles. The number of hydrogen-bond donors (Lipinski definition) is 1. The first kappa shape index (κ1) is 13.7. The minimum atomic E-state index is 0.357. The van der Waals surface area contributed by atoms with Crippen molar-refractivity contribution < 1.29 is 0 Å². The molecule has 0 aromatic carbocycles. The molecule has 0 spiro atoms. The lowest BCUT2D eigenvalue weighted by molar-refractivity contribution is 0.208. The predicted molar refractivity (Wildman–Crippen MR) is 78.4 cm³/mol. The first-order valence-electron chi connectivity index (χ1n) is 7.40. The van der Waals surface area contributed by atoms with Crippen LogP contribution in [0.15, 0.2) is 0 Å². The average molecular weight is 255 g/mol. The van der Waals surface area contributed by atoms with Gasteiger partial charge in [0.2, 0.25) is 0 Å². The van der Waals surface area contributed by atoms with Crippen LogP contribution >= 0.6 is 11.8 Å². The van der Waals surface area contributed by atoms with Crippen LogP contribution in [0.1, 0.15) is 65.7 Å². The minimum Gasteiger partial charge on any atom is -0.326 e. The summed E-state index contributed by atoms with van der Waals surface area (Å²) in [5.41, 5.74) is 6.85. The van der Waals surface area contributed by atoms with Gasteiger partial charge in [0.05, 0.1) is 0 Å². The van der Waals surface area contributed by atoms with Crippen molar-refractivity contribution in [1.29, 1.82) is 0 Å². The molecule has 0 aromatic heterocycles. The molecule has 0 bridgehead atoms. The summed E-state index contributed by atoms with van der Waals surface area (Å²) >= 11 is 2.23. The zero-order valence-electron chi connectivity index (χ0n) is 11.7. The molecule has 0 heterocycles. The van der Waals surface area contributed by atoms with Gasteiger partial charge in [-0.15, -0.1) is 0 Å². The molecule has 2 heteroatoms. The molecule has 0 amide bonds. The zero-order chi connectivity index (χ0) is 12.5. The van der Waals surface area contributed by atoms with Gasteiger partial charge in [-0.25, -0.2) is 0 Å². The van der Waals surface area contributed by atoms with E-state index in [9.17, 15) is 0 Å². The Bertz CT molecular complexity index is 251. The number of nitrogens with two attached hydrogens (primary N) is 1. The van der Waals surface area contributed by atoms with E-state index >= 15 is 0 Å². The largest absolute Gasteiger partial charge is 0.326 e. The summed E-state index contributed by atoms with van der Waals surface area (Å²) in [6.07, 6.45) is 9.77. The average Bonchev–Trinajstić information content (AvgIpc) is 2.25. The van der Waals surface area contributed by atoms with E-state index in [0.29, 0.717) is 16.7 Å². The third-order valence-corrected chi connectivity index (χ3v) is 6.56. The topological polar surface area (TPSA) is 26.0 Å². The van der Waals surface area contributed by atoms with Gasteiger partial charge in [0, 0.05) is 16.5 Å². The lowest BCUT2D eigenvalue weighted by atomic mass is 9.73. The Morgan fingerprint density at radius 3 is 2.59 bits per heavy atom. The summed E-state index contributed by atoms with van der Waals surface area (Å²) in [6.45, 7) is 7.12. The Morgan fingerprint density at radius 1 is 1.12 bits per heavy atom. The van der Waals surface area contributed by atoms with Crippen molar-refractivity contribution in [2.24, 2.45) is 17.1 Å². The van der Waals surface area contributed by atoms with E-state index in [1.165, 1.54) is 44.9 Å². The molecule has 0 radical (unpaired) electrons. The maximum Gasteiger partial charge on any atom is 0.0211 e. The number of thioether (sulfide) groups is 1. The highest BCUT2D eigenvalue weighted by Gasteiger charge is 2.38. The molecule has 0 saturated heterocycles. The van der Waals surface area contributed by atoms with Gasteiger partial charge in [-0.2, -0.15) is 11.8 Å².